The van der Waals surface area contributed by atoms with Gasteiger partial charge in [0.2, 0.25) is 0 Å². The average Bonchev–Trinajstić information content (AvgIpc) is 4.25. The molecule has 0 aliphatic rings. The summed E-state index contributed by atoms with van der Waals surface area (Å²) >= 11 is 0. The standard InChI is InChI=1S/C66H38N2O3/c1-3-15-39(16-4-1)42-31-43(40-27-29-57-50(34-40)46-19-7-11-23-55(46)67(57)45-17-5-2-6-18-45)33-44(32-42)41-28-30-58-51(35-41)47-20-8-12-24-56(47)68(58)59-36-54-53-38-62-52(48-21-9-13-25-60(48)69-62)37-63(53)71-65(54)64-49-22-10-14-26-61(49)70-66(59)64/h1-38H. The summed E-state index contributed by atoms with van der Waals surface area (Å²) in [5.41, 5.74) is 18.5. The van der Waals surface area contributed by atoms with Crippen LogP contribution in [-0.4, -0.2) is 9.13 Å². The molecular formula is C66H38N2O3. The molecule has 11 aromatic carbocycles. The summed E-state index contributed by atoms with van der Waals surface area (Å²) in [5.74, 6) is 0. The van der Waals surface area contributed by atoms with Crippen molar-refractivity contribution in [3.05, 3.63) is 231 Å². The minimum absolute atomic E-state index is 0.780. The smallest absolute Gasteiger partial charge is 0.163 e. The van der Waals surface area contributed by atoms with E-state index in [2.05, 4.69) is 215 Å². The van der Waals surface area contributed by atoms with Gasteiger partial charge in [-0.25, -0.2) is 0 Å². The summed E-state index contributed by atoms with van der Waals surface area (Å²) < 4.78 is 25.0. The van der Waals surface area contributed by atoms with Gasteiger partial charge in [-0.1, -0.05) is 133 Å². The summed E-state index contributed by atoms with van der Waals surface area (Å²) in [7, 11) is 0. The van der Waals surface area contributed by atoms with Gasteiger partial charge in [-0.15, -0.1) is 0 Å². The van der Waals surface area contributed by atoms with E-state index in [0.717, 1.165) is 116 Å². The molecule has 5 heterocycles. The van der Waals surface area contributed by atoms with Crippen molar-refractivity contribution in [1.29, 1.82) is 0 Å². The Labute approximate surface area is 405 Å². The monoisotopic (exact) mass is 906 g/mol. The average molecular weight is 907 g/mol. The first kappa shape index (κ1) is 38.4. The molecular weight excluding hydrogens is 869 g/mol. The van der Waals surface area contributed by atoms with Gasteiger partial charge in [0.05, 0.1) is 33.1 Å². The van der Waals surface area contributed by atoms with Crippen LogP contribution >= 0.6 is 0 Å². The predicted octanol–water partition coefficient (Wildman–Crippen LogP) is 18.6. The lowest BCUT2D eigenvalue weighted by atomic mass is 9.92. The Morgan fingerprint density at radius 2 is 0.718 bits per heavy atom. The molecule has 0 atom stereocenters. The maximum atomic E-state index is 6.91. The van der Waals surface area contributed by atoms with Crippen LogP contribution in [0.5, 0.6) is 0 Å². The van der Waals surface area contributed by atoms with Crippen LogP contribution in [0.4, 0.5) is 0 Å². The van der Waals surface area contributed by atoms with Gasteiger partial charge in [-0.2, -0.15) is 0 Å². The summed E-state index contributed by atoms with van der Waals surface area (Å²) in [6.07, 6.45) is 0. The molecule has 71 heavy (non-hydrogen) atoms. The normalized spacial score (nSPS) is 12.2. The Bertz CT molecular complexity index is 4870. The molecule has 0 fully saturated rings. The van der Waals surface area contributed by atoms with Gasteiger partial charge in [-0.05, 0) is 130 Å². The molecule has 0 N–H and O–H groups in total. The highest BCUT2D eigenvalue weighted by molar-refractivity contribution is 6.26. The van der Waals surface area contributed by atoms with Gasteiger partial charge in [0, 0.05) is 54.2 Å². The number of fused-ring (bicyclic) bond motifs is 16. The molecule has 5 aromatic heterocycles. The van der Waals surface area contributed by atoms with Crippen LogP contribution in [0.25, 0.3) is 154 Å². The van der Waals surface area contributed by atoms with Gasteiger partial charge in [0.1, 0.15) is 27.9 Å². The molecule has 0 saturated heterocycles. The molecule has 0 spiro atoms. The quantitative estimate of drug-likeness (QED) is 0.173. The van der Waals surface area contributed by atoms with E-state index in [-0.39, 0.29) is 0 Å². The van der Waals surface area contributed by atoms with Gasteiger partial charge in [-0.3, -0.25) is 0 Å². The Hall–Kier alpha value is -9.58. The van der Waals surface area contributed by atoms with Gasteiger partial charge >= 0.3 is 0 Å². The number of benzene rings is 11. The van der Waals surface area contributed by atoms with E-state index in [1.807, 2.05) is 24.3 Å². The number of para-hydroxylation sites is 5. The van der Waals surface area contributed by atoms with Gasteiger partial charge in [0.15, 0.2) is 5.58 Å². The maximum Gasteiger partial charge on any atom is 0.163 e. The van der Waals surface area contributed by atoms with Gasteiger partial charge < -0.3 is 22.4 Å². The topological polar surface area (TPSA) is 49.3 Å². The number of hydrogen-bond acceptors (Lipinski definition) is 3. The number of rotatable bonds is 5. The van der Waals surface area contributed by atoms with E-state index in [1.54, 1.807) is 0 Å². The third kappa shape index (κ3) is 5.57. The molecule has 0 saturated carbocycles. The number of nitrogens with zero attached hydrogens (tertiary/aromatic N) is 2. The summed E-state index contributed by atoms with van der Waals surface area (Å²) in [4.78, 5) is 0. The Morgan fingerprint density at radius 1 is 0.239 bits per heavy atom. The van der Waals surface area contributed by atoms with Crippen molar-refractivity contribution in [3.63, 3.8) is 0 Å². The molecule has 5 nitrogen and oxygen atoms in total. The van der Waals surface area contributed by atoms with Crippen molar-refractivity contribution in [2.24, 2.45) is 0 Å². The molecule has 0 bridgehead atoms. The van der Waals surface area contributed by atoms with Gasteiger partial charge in [0.25, 0.3) is 0 Å². The fourth-order valence-electron chi connectivity index (χ4n) is 11.7. The summed E-state index contributed by atoms with van der Waals surface area (Å²) in [6.45, 7) is 0. The highest BCUT2D eigenvalue weighted by Gasteiger charge is 2.25. The molecule has 16 rings (SSSR count). The Morgan fingerprint density at radius 3 is 1.39 bits per heavy atom. The third-order valence-electron chi connectivity index (χ3n) is 14.9. The van der Waals surface area contributed by atoms with Crippen LogP contribution in [0.15, 0.2) is 244 Å². The zero-order chi connectivity index (χ0) is 46.3. The third-order valence-corrected chi connectivity index (χ3v) is 14.9. The SMILES string of the molecule is c1ccc(-c2cc(-c3ccc4c(c3)c3ccccc3n4-c3ccccc3)cc(-c3ccc4c(c3)c3ccccc3n4-c3cc4c5cc6oc7ccccc7c6cc5oc4c4c3oc3ccccc34)c2)cc1. The van der Waals surface area contributed by atoms with Crippen LogP contribution in [0, 0.1) is 0 Å². The second-order valence-corrected chi connectivity index (χ2v) is 18.8. The molecule has 0 aliphatic heterocycles. The number of hydrogen-bond donors (Lipinski definition) is 0. The zero-order valence-corrected chi connectivity index (χ0v) is 38.1. The fraction of sp³-hybridized carbons (Fsp3) is 0. The first-order valence-electron chi connectivity index (χ1n) is 24.1. The first-order chi connectivity index (χ1) is 35.2. The molecule has 0 amide bonds. The molecule has 5 heteroatoms. The van der Waals surface area contributed by atoms with E-state index in [9.17, 15) is 0 Å². The van der Waals surface area contributed by atoms with Crippen LogP contribution in [0.2, 0.25) is 0 Å². The van der Waals surface area contributed by atoms with Crippen molar-refractivity contribution in [2.75, 3.05) is 0 Å². The van der Waals surface area contributed by atoms with E-state index in [4.69, 9.17) is 13.3 Å². The van der Waals surface area contributed by atoms with Crippen molar-refractivity contribution >= 4 is 109 Å². The lowest BCUT2D eigenvalue weighted by Gasteiger charge is -2.13. The number of furan rings is 3. The lowest BCUT2D eigenvalue weighted by molar-refractivity contribution is 0.660. The van der Waals surface area contributed by atoms with Crippen LogP contribution < -0.4 is 0 Å². The van der Waals surface area contributed by atoms with E-state index >= 15 is 0 Å². The van der Waals surface area contributed by atoms with E-state index < -0.39 is 0 Å². The summed E-state index contributed by atoms with van der Waals surface area (Å²) in [5, 5.41) is 10.9. The lowest BCUT2D eigenvalue weighted by Crippen LogP contribution is -1.95. The van der Waals surface area contributed by atoms with Crippen LogP contribution in [0.1, 0.15) is 0 Å². The van der Waals surface area contributed by atoms with E-state index in [0.29, 0.717) is 0 Å². The highest BCUT2D eigenvalue weighted by atomic mass is 16.3. The molecule has 0 aliphatic carbocycles. The van der Waals surface area contributed by atoms with Crippen molar-refractivity contribution < 1.29 is 13.3 Å². The zero-order valence-electron chi connectivity index (χ0n) is 38.1. The Kier molecular flexibility index (Phi) is 7.82. The van der Waals surface area contributed by atoms with Crippen LogP contribution in [0.3, 0.4) is 0 Å². The van der Waals surface area contributed by atoms with Crippen molar-refractivity contribution in [3.8, 4) is 44.8 Å². The second kappa shape index (κ2) is 14.5. The van der Waals surface area contributed by atoms with E-state index in [1.165, 1.54) is 38.5 Å². The van der Waals surface area contributed by atoms with Crippen molar-refractivity contribution in [1.82, 2.24) is 9.13 Å². The largest absolute Gasteiger partial charge is 0.456 e. The minimum atomic E-state index is 0.780. The number of aromatic nitrogens is 2. The molecule has 0 unspecified atom stereocenters. The highest BCUT2D eigenvalue weighted by Crippen LogP contribution is 2.47. The predicted molar refractivity (Wildman–Crippen MR) is 293 cm³/mol. The molecule has 330 valence electrons. The first-order valence-corrected chi connectivity index (χ1v) is 24.1. The summed E-state index contributed by atoms with van der Waals surface area (Å²) in [6, 6.07) is 82.8. The molecule has 16 aromatic rings. The maximum absolute atomic E-state index is 6.91. The Balaban J connectivity index is 0.913. The fourth-order valence-corrected chi connectivity index (χ4v) is 11.7. The molecule has 0 radical (unpaired) electrons. The van der Waals surface area contributed by atoms with Crippen molar-refractivity contribution in [2.45, 2.75) is 0 Å². The minimum Gasteiger partial charge on any atom is -0.456 e. The second-order valence-electron chi connectivity index (χ2n) is 18.8. The van der Waals surface area contributed by atoms with Crippen LogP contribution in [-0.2, 0) is 0 Å².